The van der Waals surface area contributed by atoms with Crippen molar-refractivity contribution in [3.8, 4) is 0 Å². The smallest absolute Gasteiger partial charge is 0.139 e. The molecule has 2 nitrogen and oxygen atoms in total. The Morgan fingerprint density at radius 1 is 0.783 bits per heavy atom. The summed E-state index contributed by atoms with van der Waals surface area (Å²) < 4.78 is 0. The zero-order valence-electron chi connectivity index (χ0n) is 15.3. The van der Waals surface area contributed by atoms with Gasteiger partial charge in [0.15, 0.2) is 0 Å². The lowest BCUT2D eigenvalue weighted by atomic mass is 9.38. The van der Waals surface area contributed by atoms with E-state index in [1.807, 2.05) is 0 Å². The maximum atomic E-state index is 12.6. The zero-order chi connectivity index (χ0) is 16.7. The molecule has 6 atom stereocenters. The van der Waals surface area contributed by atoms with Crippen LogP contribution in [0.4, 0.5) is 0 Å². The molecule has 0 saturated heterocycles. The van der Waals surface area contributed by atoms with Gasteiger partial charge in [-0.05, 0) is 66.6 Å². The Kier molecular flexibility index (Phi) is 3.09. The van der Waals surface area contributed by atoms with Crippen LogP contribution in [-0.4, -0.2) is 11.6 Å². The Hall–Kier alpha value is -0.660. The van der Waals surface area contributed by atoms with Crippen LogP contribution in [0, 0.1) is 33.5 Å². The molecule has 4 rings (SSSR count). The molecule has 23 heavy (non-hydrogen) atoms. The van der Waals surface area contributed by atoms with Crippen LogP contribution < -0.4 is 0 Å². The summed E-state index contributed by atoms with van der Waals surface area (Å²) in [5.41, 5.74) is 0.595. The average molecular weight is 316 g/mol. The molecule has 0 heterocycles. The van der Waals surface area contributed by atoms with Gasteiger partial charge in [-0.1, -0.05) is 27.7 Å². The van der Waals surface area contributed by atoms with Gasteiger partial charge in [-0.3, -0.25) is 9.59 Å². The summed E-state index contributed by atoms with van der Waals surface area (Å²) in [5.74, 6) is 2.39. The highest BCUT2D eigenvalue weighted by atomic mass is 16.1. The Balaban J connectivity index is 1.75. The number of carbonyl (C=O) groups is 2. The van der Waals surface area contributed by atoms with Crippen LogP contribution in [0.15, 0.2) is 0 Å². The molecule has 0 aliphatic heterocycles. The number of rotatable bonds is 0. The van der Waals surface area contributed by atoms with Crippen LogP contribution in [0.5, 0.6) is 0 Å². The molecule has 0 amide bonds. The lowest BCUT2D eigenvalue weighted by molar-refractivity contribution is -0.182. The molecule has 0 N–H and O–H groups in total. The van der Waals surface area contributed by atoms with E-state index in [1.54, 1.807) is 0 Å². The van der Waals surface area contributed by atoms with Gasteiger partial charge < -0.3 is 0 Å². The van der Waals surface area contributed by atoms with E-state index < -0.39 is 0 Å². The number of fused-ring (bicyclic) bond motifs is 5. The largest absolute Gasteiger partial charge is 0.300 e. The minimum absolute atomic E-state index is 0.0806. The van der Waals surface area contributed by atoms with Gasteiger partial charge in [0.05, 0.1) is 0 Å². The summed E-state index contributed by atoms with van der Waals surface area (Å²) in [5, 5.41) is 0. The molecule has 0 bridgehead atoms. The van der Waals surface area contributed by atoms with Crippen LogP contribution in [0.25, 0.3) is 0 Å². The number of Topliss-reactive ketones (excluding diaryl/α,β-unsaturated/α-hetero) is 2. The minimum atomic E-state index is -0.0806. The first kappa shape index (κ1) is 15.8. The van der Waals surface area contributed by atoms with E-state index >= 15 is 0 Å². The fourth-order valence-corrected chi connectivity index (χ4v) is 7.54. The van der Waals surface area contributed by atoms with Gasteiger partial charge >= 0.3 is 0 Å². The molecule has 0 aromatic carbocycles. The third-order valence-corrected chi connectivity index (χ3v) is 9.72. The molecule has 4 aliphatic carbocycles. The standard InChI is InChI=1S/C21H32O2/c1-18-9-6-16-15(19(18,2)10-5-14(22)13-18)7-11-21(4)17(23)8-12-20(16,21)3/h15-16H,5-13H2,1-4H3/t15-,16+,18-,19-,20+,21-/m0/s1. The van der Waals surface area contributed by atoms with Gasteiger partial charge in [-0.15, -0.1) is 0 Å². The van der Waals surface area contributed by atoms with E-state index in [9.17, 15) is 9.59 Å². The van der Waals surface area contributed by atoms with Crippen LogP contribution in [0.3, 0.4) is 0 Å². The van der Waals surface area contributed by atoms with Crippen molar-refractivity contribution in [2.24, 2.45) is 33.5 Å². The number of carbonyl (C=O) groups excluding carboxylic acids is 2. The predicted molar refractivity (Wildman–Crippen MR) is 91.0 cm³/mol. The van der Waals surface area contributed by atoms with Crippen molar-refractivity contribution in [3.63, 3.8) is 0 Å². The van der Waals surface area contributed by atoms with E-state index in [2.05, 4.69) is 27.7 Å². The maximum absolute atomic E-state index is 12.6. The van der Waals surface area contributed by atoms with Crippen LogP contribution >= 0.6 is 0 Å². The third kappa shape index (κ3) is 1.71. The minimum Gasteiger partial charge on any atom is -0.300 e. The zero-order valence-corrected chi connectivity index (χ0v) is 15.3. The van der Waals surface area contributed by atoms with Crippen molar-refractivity contribution in [2.75, 3.05) is 0 Å². The monoisotopic (exact) mass is 316 g/mol. The van der Waals surface area contributed by atoms with E-state index in [1.165, 1.54) is 19.3 Å². The molecular weight excluding hydrogens is 284 g/mol. The summed E-state index contributed by atoms with van der Waals surface area (Å²) in [6, 6.07) is 0. The highest BCUT2D eigenvalue weighted by Crippen LogP contribution is 2.72. The first-order valence-electron chi connectivity index (χ1n) is 9.71. The second-order valence-electron chi connectivity index (χ2n) is 10.2. The second kappa shape index (κ2) is 4.49. The fourth-order valence-electron chi connectivity index (χ4n) is 7.54. The molecule has 0 radical (unpaired) electrons. The molecule has 0 spiro atoms. The van der Waals surface area contributed by atoms with Gasteiger partial charge in [0, 0.05) is 24.7 Å². The van der Waals surface area contributed by atoms with E-state index in [-0.39, 0.29) is 16.2 Å². The number of hydrogen-bond acceptors (Lipinski definition) is 2. The Morgan fingerprint density at radius 3 is 2.13 bits per heavy atom. The molecule has 2 heteroatoms. The molecule has 4 aliphatic rings. The third-order valence-electron chi connectivity index (χ3n) is 9.72. The van der Waals surface area contributed by atoms with Crippen molar-refractivity contribution in [2.45, 2.75) is 85.5 Å². The van der Waals surface area contributed by atoms with Crippen molar-refractivity contribution in [1.82, 2.24) is 0 Å². The summed E-state index contributed by atoms with van der Waals surface area (Å²) in [6.45, 7) is 9.56. The topological polar surface area (TPSA) is 34.1 Å². The van der Waals surface area contributed by atoms with Crippen molar-refractivity contribution < 1.29 is 9.59 Å². The average Bonchev–Trinajstić information content (AvgIpc) is 2.73. The van der Waals surface area contributed by atoms with Gasteiger partial charge in [0.25, 0.3) is 0 Å². The van der Waals surface area contributed by atoms with E-state index in [0.717, 1.165) is 38.5 Å². The summed E-state index contributed by atoms with van der Waals surface area (Å²) >= 11 is 0. The van der Waals surface area contributed by atoms with Crippen LogP contribution in [0.2, 0.25) is 0 Å². The van der Waals surface area contributed by atoms with E-state index in [0.29, 0.717) is 28.8 Å². The second-order valence-corrected chi connectivity index (χ2v) is 10.2. The molecule has 4 saturated carbocycles. The maximum Gasteiger partial charge on any atom is 0.139 e. The SMILES string of the molecule is C[C@@]12CC[C@@H]3[C@H](CC[C@@]4(C)C(=O)CC[C@]34C)[C@]1(C)CCC(=O)C2. The summed E-state index contributed by atoms with van der Waals surface area (Å²) in [4.78, 5) is 24.8. The molecule has 0 unspecified atom stereocenters. The number of hydrogen-bond donors (Lipinski definition) is 0. The molecule has 128 valence electrons. The van der Waals surface area contributed by atoms with Crippen LogP contribution in [-0.2, 0) is 9.59 Å². The Morgan fingerprint density at radius 2 is 1.39 bits per heavy atom. The van der Waals surface area contributed by atoms with Gasteiger partial charge in [0.1, 0.15) is 11.6 Å². The Labute approximate surface area is 140 Å². The molecular formula is C21H32O2. The van der Waals surface area contributed by atoms with Crippen molar-refractivity contribution in [1.29, 1.82) is 0 Å². The van der Waals surface area contributed by atoms with E-state index in [4.69, 9.17) is 0 Å². The van der Waals surface area contributed by atoms with Gasteiger partial charge in [0.2, 0.25) is 0 Å². The summed E-state index contributed by atoms with van der Waals surface area (Å²) in [6.07, 6.45) is 9.20. The quantitative estimate of drug-likeness (QED) is 0.634. The first-order valence-corrected chi connectivity index (χ1v) is 9.71. The van der Waals surface area contributed by atoms with Crippen molar-refractivity contribution >= 4 is 11.6 Å². The highest BCUT2D eigenvalue weighted by Gasteiger charge is 2.67. The first-order chi connectivity index (χ1) is 10.7. The van der Waals surface area contributed by atoms with Gasteiger partial charge in [-0.25, -0.2) is 0 Å². The molecule has 0 aromatic rings. The molecule has 4 fully saturated rings. The predicted octanol–water partition coefficient (Wildman–Crippen LogP) is 4.95. The van der Waals surface area contributed by atoms with Crippen LogP contribution in [0.1, 0.15) is 85.5 Å². The fraction of sp³-hybridized carbons (Fsp3) is 0.905. The molecule has 0 aromatic heterocycles. The lowest BCUT2D eigenvalue weighted by Gasteiger charge is -2.66. The van der Waals surface area contributed by atoms with Crippen molar-refractivity contribution in [3.05, 3.63) is 0 Å². The Bertz CT molecular complexity index is 580. The lowest BCUT2D eigenvalue weighted by Crippen LogP contribution is -2.60. The normalized spacial score (nSPS) is 56.0. The highest BCUT2D eigenvalue weighted by molar-refractivity contribution is 5.88. The summed E-state index contributed by atoms with van der Waals surface area (Å²) in [7, 11) is 0. The van der Waals surface area contributed by atoms with Gasteiger partial charge in [-0.2, -0.15) is 0 Å². The number of ketones is 2.